The predicted molar refractivity (Wildman–Crippen MR) is 88.2 cm³/mol. The number of nitrogens with two attached hydrogens (primary N) is 1. The van der Waals surface area contributed by atoms with Crippen molar-refractivity contribution in [3.8, 4) is 5.75 Å². The van der Waals surface area contributed by atoms with Gasteiger partial charge in [0.25, 0.3) is 5.91 Å². The predicted octanol–water partition coefficient (Wildman–Crippen LogP) is 1.13. The molecule has 0 radical (unpaired) electrons. The van der Waals surface area contributed by atoms with Gasteiger partial charge in [0, 0.05) is 6.20 Å². The summed E-state index contributed by atoms with van der Waals surface area (Å²) in [6.45, 7) is 0. The van der Waals surface area contributed by atoms with Crippen molar-refractivity contribution in [1.29, 1.82) is 0 Å². The Hall–Kier alpha value is -3.42. The molecular formula is C17H17N3O5. The summed E-state index contributed by atoms with van der Waals surface area (Å²) in [6, 6.07) is 8.69. The van der Waals surface area contributed by atoms with Gasteiger partial charge in [-0.05, 0) is 29.8 Å². The molecule has 0 spiro atoms. The van der Waals surface area contributed by atoms with Gasteiger partial charge in [0.2, 0.25) is 5.91 Å². The lowest BCUT2D eigenvalue weighted by molar-refractivity contribution is -0.137. The summed E-state index contributed by atoms with van der Waals surface area (Å²) < 4.78 is 5.06. The highest BCUT2D eigenvalue weighted by Gasteiger charge is 2.20. The molecule has 8 nitrogen and oxygen atoms in total. The number of carbonyl (C=O) groups excluding carboxylic acids is 2. The third-order valence-corrected chi connectivity index (χ3v) is 3.48. The molecule has 8 heteroatoms. The third-order valence-electron chi connectivity index (χ3n) is 3.48. The van der Waals surface area contributed by atoms with E-state index in [-0.39, 0.29) is 17.7 Å². The molecule has 1 aromatic carbocycles. The van der Waals surface area contributed by atoms with E-state index in [2.05, 4.69) is 10.3 Å². The Kier molecular flexibility index (Phi) is 5.67. The van der Waals surface area contributed by atoms with Crippen molar-refractivity contribution in [3.05, 3.63) is 59.4 Å². The number of benzene rings is 1. The molecule has 2 amide bonds. The van der Waals surface area contributed by atoms with Crippen LogP contribution in [0, 0.1) is 0 Å². The molecule has 0 bridgehead atoms. The summed E-state index contributed by atoms with van der Waals surface area (Å²) in [5.41, 5.74) is 5.96. The summed E-state index contributed by atoms with van der Waals surface area (Å²) in [5.74, 6) is -1.65. The molecule has 0 saturated carbocycles. The topological polar surface area (TPSA) is 132 Å². The van der Waals surface area contributed by atoms with E-state index in [0.717, 1.165) is 0 Å². The number of ether oxygens (including phenoxy) is 1. The van der Waals surface area contributed by atoms with Gasteiger partial charge in [-0.3, -0.25) is 19.4 Å². The first-order chi connectivity index (χ1) is 11.9. The van der Waals surface area contributed by atoms with E-state index in [9.17, 15) is 14.4 Å². The van der Waals surface area contributed by atoms with Crippen LogP contribution >= 0.6 is 0 Å². The maximum atomic E-state index is 12.3. The van der Waals surface area contributed by atoms with Gasteiger partial charge in [0.05, 0.1) is 25.1 Å². The molecule has 0 fully saturated rings. The minimum atomic E-state index is -1.06. The van der Waals surface area contributed by atoms with Crippen LogP contribution in [0.4, 0.5) is 0 Å². The smallest absolute Gasteiger partial charge is 0.305 e. The molecular weight excluding hydrogens is 326 g/mol. The number of amides is 2. The highest BCUT2D eigenvalue weighted by atomic mass is 16.5. The van der Waals surface area contributed by atoms with Crippen LogP contribution in [0.1, 0.15) is 38.9 Å². The fourth-order valence-electron chi connectivity index (χ4n) is 2.17. The van der Waals surface area contributed by atoms with E-state index < -0.39 is 23.8 Å². The van der Waals surface area contributed by atoms with Crippen molar-refractivity contribution in [1.82, 2.24) is 10.3 Å². The average molecular weight is 343 g/mol. The minimum absolute atomic E-state index is 0.0499. The van der Waals surface area contributed by atoms with Gasteiger partial charge in [-0.15, -0.1) is 0 Å². The number of methoxy groups -OCH3 is 1. The number of rotatable bonds is 7. The van der Waals surface area contributed by atoms with Crippen LogP contribution in [0.2, 0.25) is 0 Å². The second-order valence-corrected chi connectivity index (χ2v) is 5.19. The van der Waals surface area contributed by atoms with Crippen LogP contribution in [0.5, 0.6) is 5.75 Å². The molecule has 25 heavy (non-hydrogen) atoms. The number of primary amides is 1. The highest BCUT2D eigenvalue weighted by Crippen LogP contribution is 2.21. The van der Waals surface area contributed by atoms with Crippen molar-refractivity contribution in [2.24, 2.45) is 5.73 Å². The number of hydrogen-bond donors (Lipinski definition) is 3. The third kappa shape index (κ3) is 4.77. The molecule has 130 valence electrons. The minimum Gasteiger partial charge on any atom is -0.497 e. The fourth-order valence-corrected chi connectivity index (χ4v) is 2.17. The first kappa shape index (κ1) is 17.9. The monoisotopic (exact) mass is 343 g/mol. The van der Waals surface area contributed by atoms with Crippen LogP contribution in [0.3, 0.4) is 0 Å². The standard InChI is InChI=1S/C17H17N3O5/c1-25-12-5-2-10(3-6-12)14(8-15(21)22)20-17(24)13-7-4-11(9-19-13)16(18)23/h2-7,9,14H,8H2,1H3,(H2,18,23)(H,20,24)(H,21,22)/t14-/m1/s1. The van der Waals surface area contributed by atoms with Crippen LogP contribution in [0.15, 0.2) is 42.6 Å². The van der Waals surface area contributed by atoms with Crippen molar-refractivity contribution < 1.29 is 24.2 Å². The lowest BCUT2D eigenvalue weighted by atomic mass is 10.0. The van der Waals surface area contributed by atoms with E-state index in [1.54, 1.807) is 24.3 Å². The second-order valence-electron chi connectivity index (χ2n) is 5.19. The summed E-state index contributed by atoms with van der Waals surface area (Å²) in [5, 5.41) is 11.7. The average Bonchev–Trinajstić information content (AvgIpc) is 2.61. The van der Waals surface area contributed by atoms with Gasteiger partial charge >= 0.3 is 5.97 Å². The van der Waals surface area contributed by atoms with Gasteiger partial charge in [0.15, 0.2) is 0 Å². The van der Waals surface area contributed by atoms with Crippen molar-refractivity contribution in [2.75, 3.05) is 7.11 Å². The molecule has 2 aromatic rings. The molecule has 0 unspecified atom stereocenters. The van der Waals surface area contributed by atoms with E-state index in [1.807, 2.05) is 0 Å². The number of nitrogens with zero attached hydrogens (tertiary/aromatic N) is 1. The van der Waals surface area contributed by atoms with Crippen LogP contribution in [0.25, 0.3) is 0 Å². The Balaban J connectivity index is 2.18. The van der Waals surface area contributed by atoms with E-state index in [4.69, 9.17) is 15.6 Å². The molecule has 2 rings (SSSR count). The molecule has 0 aliphatic rings. The molecule has 0 aliphatic carbocycles. The number of carboxylic acids is 1. The number of hydrogen-bond acceptors (Lipinski definition) is 5. The van der Waals surface area contributed by atoms with E-state index in [0.29, 0.717) is 11.3 Å². The summed E-state index contributed by atoms with van der Waals surface area (Å²) >= 11 is 0. The van der Waals surface area contributed by atoms with E-state index >= 15 is 0 Å². The van der Waals surface area contributed by atoms with Gasteiger partial charge < -0.3 is 20.9 Å². The summed E-state index contributed by atoms with van der Waals surface area (Å²) in [7, 11) is 1.52. The van der Waals surface area contributed by atoms with Crippen molar-refractivity contribution in [3.63, 3.8) is 0 Å². The number of pyridine rings is 1. The zero-order valence-corrected chi connectivity index (χ0v) is 13.4. The van der Waals surface area contributed by atoms with Gasteiger partial charge in [0.1, 0.15) is 11.4 Å². The fraction of sp³-hybridized carbons (Fsp3) is 0.176. The Morgan fingerprint density at radius 3 is 2.36 bits per heavy atom. The zero-order chi connectivity index (χ0) is 18.4. The number of carbonyl (C=O) groups is 3. The quantitative estimate of drug-likeness (QED) is 0.690. The summed E-state index contributed by atoms with van der Waals surface area (Å²) in [6.07, 6.45) is 0.897. The maximum absolute atomic E-state index is 12.3. The lowest BCUT2D eigenvalue weighted by Crippen LogP contribution is -2.30. The van der Waals surface area contributed by atoms with Gasteiger partial charge in [-0.1, -0.05) is 12.1 Å². The van der Waals surface area contributed by atoms with Gasteiger partial charge in [-0.25, -0.2) is 0 Å². The molecule has 1 aromatic heterocycles. The number of nitrogens with one attached hydrogen (secondary N) is 1. The SMILES string of the molecule is COc1ccc([C@@H](CC(=O)O)NC(=O)c2ccc(C(N)=O)cn2)cc1. The van der Waals surface area contributed by atoms with Crippen molar-refractivity contribution >= 4 is 17.8 Å². The first-order valence-corrected chi connectivity index (χ1v) is 7.33. The maximum Gasteiger partial charge on any atom is 0.305 e. The highest BCUT2D eigenvalue weighted by molar-refractivity contribution is 5.95. The number of aromatic nitrogens is 1. The number of carboxylic acid groups (broad SMARTS) is 1. The Morgan fingerprint density at radius 1 is 1.20 bits per heavy atom. The molecule has 1 heterocycles. The molecule has 0 aliphatic heterocycles. The normalized spacial score (nSPS) is 11.4. The second kappa shape index (κ2) is 7.91. The van der Waals surface area contributed by atoms with Gasteiger partial charge in [-0.2, -0.15) is 0 Å². The van der Waals surface area contributed by atoms with E-state index in [1.165, 1.54) is 25.4 Å². The molecule has 1 atom stereocenters. The van der Waals surface area contributed by atoms with Crippen LogP contribution in [-0.4, -0.2) is 35.0 Å². The van der Waals surface area contributed by atoms with Crippen LogP contribution < -0.4 is 15.8 Å². The van der Waals surface area contributed by atoms with Crippen molar-refractivity contribution in [2.45, 2.75) is 12.5 Å². The zero-order valence-electron chi connectivity index (χ0n) is 13.4. The number of aliphatic carboxylic acids is 1. The summed E-state index contributed by atoms with van der Waals surface area (Å²) in [4.78, 5) is 38.3. The lowest BCUT2D eigenvalue weighted by Gasteiger charge is -2.17. The largest absolute Gasteiger partial charge is 0.497 e. The molecule has 4 N–H and O–H groups in total. The Morgan fingerprint density at radius 2 is 1.88 bits per heavy atom. The Labute approximate surface area is 143 Å². The first-order valence-electron chi connectivity index (χ1n) is 7.33. The van der Waals surface area contributed by atoms with Crippen LogP contribution in [-0.2, 0) is 4.79 Å². The molecule has 0 saturated heterocycles. The Bertz CT molecular complexity index is 772.